The standard InChI is InChI=1S/C27H29ClF4N6O2/c1-25(2,13-33)14-34-22(39)17-4-3-16(20(29)11-17)12-21-35-23(37-24(36-21)40-15-27(30,31)32)38-26(9-10-26)18-5-7-19(28)8-6-18/h3-8,11H,9-10,12-15,33H2,1-2H3,(H,34,39)(H,35,36,37,38). The molecule has 4 N–H and O–H groups in total. The molecule has 3 aromatic rings. The summed E-state index contributed by atoms with van der Waals surface area (Å²) in [7, 11) is 0. The van der Waals surface area contributed by atoms with Crippen LogP contribution in [0.2, 0.25) is 5.02 Å². The van der Waals surface area contributed by atoms with E-state index in [-0.39, 0.29) is 34.7 Å². The molecule has 1 aliphatic carbocycles. The lowest BCUT2D eigenvalue weighted by Gasteiger charge is -2.22. The van der Waals surface area contributed by atoms with Crippen molar-refractivity contribution in [3.8, 4) is 6.01 Å². The molecule has 1 aliphatic rings. The van der Waals surface area contributed by atoms with Crippen LogP contribution in [-0.2, 0) is 12.0 Å². The predicted octanol–water partition coefficient (Wildman–Crippen LogP) is 5.01. The molecule has 1 saturated carbocycles. The number of nitrogens with zero attached hydrogens (tertiary/aromatic N) is 3. The molecule has 8 nitrogen and oxygen atoms in total. The number of carbonyl (C=O) groups is 1. The molecule has 1 amide bonds. The lowest BCUT2D eigenvalue weighted by Crippen LogP contribution is -2.38. The summed E-state index contributed by atoms with van der Waals surface area (Å²) in [4.78, 5) is 24.8. The minimum atomic E-state index is -4.61. The number of hydrogen-bond donors (Lipinski definition) is 3. The molecule has 0 bridgehead atoms. The molecule has 0 unspecified atom stereocenters. The smallest absolute Gasteiger partial charge is 0.422 e. The summed E-state index contributed by atoms with van der Waals surface area (Å²) >= 11 is 5.99. The van der Waals surface area contributed by atoms with Gasteiger partial charge in [0.25, 0.3) is 5.91 Å². The van der Waals surface area contributed by atoms with Gasteiger partial charge >= 0.3 is 12.2 Å². The maximum absolute atomic E-state index is 15.0. The van der Waals surface area contributed by atoms with Crippen molar-refractivity contribution in [3.63, 3.8) is 0 Å². The van der Waals surface area contributed by atoms with Crippen LogP contribution in [-0.4, -0.2) is 46.7 Å². The number of aromatic nitrogens is 3. The summed E-state index contributed by atoms with van der Waals surface area (Å²) in [6.45, 7) is 2.85. The van der Waals surface area contributed by atoms with Gasteiger partial charge in [-0.25, -0.2) is 4.39 Å². The lowest BCUT2D eigenvalue weighted by atomic mass is 9.94. The Labute approximate surface area is 233 Å². The Kier molecular flexibility index (Phi) is 8.50. The van der Waals surface area contributed by atoms with Crippen LogP contribution in [0.25, 0.3) is 0 Å². The van der Waals surface area contributed by atoms with Crippen molar-refractivity contribution >= 4 is 23.5 Å². The molecule has 40 heavy (non-hydrogen) atoms. The van der Waals surface area contributed by atoms with Crippen LogP contribution in [0.4, 0.5) is 23.5 Å². The second-order valence-electron chi connectivity index (χ2n) is 10.5. The van der Waals surface area contributed by atoms with E-state index in [1.165, 1.54) is 12.1 Å². The zero-order valence-electron chi connectivity index (χ0n) is 21.9. The molecule has 1 fully saturated rings. The van der Waals surface area contributed by atoms with Gasteiger partial charge < -0.3 is 21.1 Å². The van der Waals surface area contributed by atoms with E-state index in [9.17, 15) is 22.4 Å². The largest absolute Gasteiger partial charge is 0.454 e. The Hall–Kier alpha value is -3.51. The zero-order chi connectivity index (χ0) is 29.1. The number of rotatable bonds is 11. The molecular formula is C27H29ClF4N6O2. The van der Waals surface area contributed by atoms with E-state index in [1.807, 2.05) is 26.0 Å². The Morgan fingerprint density at radius 2 is 1.80 bits per heavy atom. The molecule has 4 rings (SSSR count). The van der Waals surface area contributed by atoms with E-state index in [2.05, 4.69) is 25.6 Å². The van der Waals surface area contributed by atoms with Gasteiger partial charge in [-0.3, -0.25) is 4.79 Å². The van der Waals surface area contributed by atoms with E-state index in [4.69, 9.17) is 22.1 Å². The third-order valence-electron chi connectivity index (χ3n) is 6.47. The fraction of sp³-hybridized carbons (Fsp3) is 0.407. The number of benzene rings is 2. The molecule has 0 spiro atoms. The molecule has 0 atom stereocenters. The number of halogens is 5. The highest BCUT2D eigenvalue weighted by atomic mass is 35.5. The van der Waals surface area contributed by atoms with Crippen molar-refractivity contribution in [1.82, 2.24) is 20.3 Å². The molecule has 2 aromatic carbocycles. The summed E-state index contributed by atoms with van der Waals surface area (Å²) in [6, 6.07) is 10.6. The molecular weight excluding hydrogens is 552 g/mol. The molecule has 0 aliphatic heterocycles. The first-order chi connectivity index (χ1) is 18.8. The first-order valence-electron chi connectivity index (χ1n) is 12.5. The average Bonchev–Trinajstić information content (AvgIpc) is 3.67. The maximum Gasteiger partial charge on any atom is 0.422 e. The molecule has 1 heterocycles. The Morgan fingerprint density at radius 3 is 2.40 bits per heavy atom. The fourth-order valence-electron chi connectivity index (χ4n) is 3.83. The van der Waals surface area contributed by atoms with Crippen molar-refractivity contribution < 1.29 is 27.1 Å². The Balaban J connectivity index is 1.55. The summed E-state index contributed by atoms with van der Waals surface area (Å²) in [5.74, 6) is -1.17. The van der Waals surface area contributed by atoms with E-state index >= 15 is 0 Å². The van der Waals surface area contributed by atoms with E-state index < -0.39 is 36.1 Å². The average molecular weight is 581 g/mol. The van der Waals surface area contributed by atoms with Crippen LogP contribution >= 0.6 is 11.6 Å². The second-order valence-corrected chi connectivity index (χ2v) is 10.9. The van der Waals surface area contributed by atoms with Gasteiger partial charge in [-0.2, -0.15) is 28.1 Å². The van der Waals surface area contributed by atoms with E-state index in [0.717, 1.165) is 24.5 Å². The molecule has 13 heteroatoms. The van der Waals surface area contributed by atoms with Gasteiger partial charge in [-0.15, -0.1) is 0 Å². The summed E-state index contributed by atoms with van der Waals surface area (Å²) < 4.78 is 58.2. The maximum atomic E-state index is 15.0. The molecule has 0 saturated heterocycles. The van der Waals surface area contributed by atoms with Gasteiger partial charge in [0.2, 0.25) is 5.95 Å². The minimum absolute atomic E-state index is 0.00597. The first-order valence-corrected chi connectivity index (χ1v) is 12.9. The van der Waals surface area contributed by atoms with Crippen molar-refractivity contribution in [2.75, 3.05) is 25.0 Å². The van der Waals surface area contributed by atoms with E-state index in [0.29, 0.717) is 18.1 Å². The number of nitrogens with two attached hydrogens (primary N) is 1. The lowest BCUT2D eigenvalue weighted by molar-refractivity contribution is -0.154. The summed E-state index contributed by atoms with van der Waals surface area (Å²) in [6.07, 6.45) is -3.32. The molecule has 0 radical (unpaired) electrons. The fourth-order valence-corrected chi connectivity index (χ4v) is 3.96. The van der Waals surface area contributed by atoms with Crippen molar-refractivity contribution in [1.29, 1.82) is 0 Å². The second kappa shape index (κ2) is 11.5. The number of alkyl halides is 3. The van der Waals surface area contributed by atoms with E-state index in [1.54, 1.807) is 12.1 Å². The summed E-state index contributed by atoms with van der Waals surface area (Å²) in [5.41, 5.74) is 5.99. The highest BCUT2D eigenvalue weighted by Crippen LogP contribution is 2.48. The first kappa shape index (κ1) is 29.5. The van der Waals surface area contributed by atoms with Crippen molar-refractivity contribution in [3.05, 3.63) is 75.8 Å². The van der Waals surface area contributed by atoms with Crippen LogP contribution in [0, 0.1) is 11.2 Å². The number of carbonyl (C=O) groups excluding carboxylic acids is 1. The quantitative estimate of drug-likeness (QED) is 0.273. The highest BCUT2D eigenvalue weighted by Gasteiger charge is 2.45. The van der Waals surface area contributed by atoms with Crippen molar-refractivity contribution in [2.45, 2.75) is 44.8 Å². The Morgan fingerprint density at radius 1 is 1.10 bits per heavy atom. The van der Waals surface area contributed by atoms with Gasteiger partial charge in [0, 0.05) is 23.6 Å². The summed E-state index contributed by atoms with van der Waals surface area (Å²) in [5, 5.41) is 6.47. The topological polar surface area (TPSA) is 115 Å². The van der Waals surface area contributed by atoms with Gasteiger partial charge in [-0.1, -0.05) is 43.6 Å². The SMILES string of the molecule is CC(C)(CN)CNC(=O)c1ccc(Cc2nc(NC3(c4ccc(Cl)cc4)CC3)nc(OCC(F)(F)F)n2)c(F)c1. The third-order valence-corrected chi connectivity index (χ3v) is 6.72. The number of nitrogens with one attached hydrogen (secondary N) is 2. The minimum Gasteiger partial charge on any atom is -0.454 e. The van der Waals surface area contributed by atoms with Crippen LogP contribution in [0.5, 0.6) is 6.01 Å². The third kappa shape index (κ3) is 7.79. The number of amides is 1. The van der Waals surface area contributed by atoms with Crippen molar-refractivity contribution in [2.24, 2.45) is 11.1 Å². The van der Waals surface area contributed by atoms with Gasteiger partial charge in [0.05, 0.1) is 5.54 Å². The zero-order valence-corrected chi connectivity index (χ0v) is 22.7. The molecule has 214 valence electrons. The van der Waals surface area contributed by atoms with Gasteiger partial charge in [-0.05, 0) is 60.2 Å². The normalized spacial score (nSPS) is 14.5. The highest BCUT2D eigenvalue weighted by molar-refractivity contribution is 6.30. The number of ether oxygens (including phenoxy) is 1. The predicted molar refractivity (Wildman–Crippen MR) is 142 cm³/mol. The van der Waals surface area contributed by atoms with Gasteiger partial charge in [0.15, 0.2) is 6.61 Å². The monoisotopic (exact) mass is 580 g/mol. The number of hydrogen-bond acceptors (Lipinski definition) is 7. The van der Waals surface area contributed by atoms with Gasteiger partial charge in [0.1, 0.15) is 11.6 Å². The van der Waals surface area contributed by atoms with Crippen LogP contribution in [0.3, 0.4) is 0 Å². The number of anilines is 1. The molecule has 1 aromatic heterocycles. The Bertz CT molecular complexity index is 1360. The van der Waals surface area contributed by atoms with Crippen LogP contribution < -0.4 is 21.1 Å². The van der Waals surface area contributed by atoms with Crippen LogP contribution in [0.1, 0.15) is 54.0 Å². The van der Waals surface area contributed by atoms with Crippen LogP contribution in [0.15, 0.2) is 42.5 Å².